The van der Waals surface area contributed by atoms with E-state index in [0.717, 1.165) is 17.0 Å². The highest BCUT2D eigenvalue weighted by molar-refractivity contribution is 6.50. The van der Waals surface area contributed by atoms with Gasteiger partial charge < -0.3 is 10.1 Å². The highest BCUT2D eigenvalue weighted by Gasteiger charge is 2.25. The molecular weight excluding hydrogens is 326 g/mol. The standard InChI is InChI=1S/C22H15NO3/c24-21-14-20(18-8-4-5-9-19(18)22(21)25)23-15-10-12-17(13-11-15)26-16-6-2-1-3-7-16/h1-14,23H. The number of para-hydroxylation sites is 1. The molecule has 126 valence electrons. The number of hydrogen-bond donors (Lipinski definition) is 1. The van der Waals surface area contributed by atoms with Gasteiger partial charge in [0.2, 0.25) is 11.6 Å². The fourth-order valence-electron chi connectivity index (χ4n) is 2.81. The summed E-state index contributed by atoms with van der Waals surface area (Å²) in [5.74, 6) is 0.486. The summed E-state index contributed by atoms with van der Waals surface area (Å²) in [6, 6.07) is 24.0. The van der Waals surface area contributed by atoms with E-state index in [1.54, 1.807) is 12.1 Å². The lowest BCUT2D eigenvalue weighted by atomic mass is 9.92. The Kier molecular flexibility index (Phi) is 4.07. The van der Waals surface area contributed by atoms with Crippen molar-refractivity contribution in [1.29, 1.82) is 0 Å². The van der Waals surface area contributed by atoms with E-state index in [1.165, 1.54) is 6.08 Å². The summed E-state index contributed by atoms with van der Waals surface area (Å²) in [4.78, 5) is 23.9. The zero-order chi connectivity index (χ0) is 17.9. The average molecular weight is 341 g/mol. The number of carbonyl (C=O) groups is 2. The maximum Gasteiger partial charge on any atom is 0.233 e. The molecule has 0 radical (unpaired) electrons. The second-order valence-corrected chi connectivity index (χ2v) is 5.86. The van der Waals surface area contributed by atoms with Crippen LogP contribution in [0.5, 0.6) is 11.5 Å². The predicted octanol–water partition coefficient (Wildman–Crippen LogP) is 4.70. The van der Waals surface area contributed by atoms with Crippen LogP contribution in [0.15, 0.2) is 84.9 Å². The highest BCUT2D eigenvalue weighted by Crippen LogP contribution is 2.28. The number of benzene rings is 3. The number of Topliss-reactive ketones (excluding diaryl/α,β-unsaturated/α-hetero) is 1. The number of ketones is 2. The van der Waals surface area contributed by atoms with Crippen molar-refractivity contribution in [3.05, 3.63) is 96.1 Å². The SMILES string of the molecule is O=C1C=C(Nc2ccc(Oc3ccccc3)cc2)c2ccccc2C1=O. The van der Waals surface area contributed by atoms with Crippen LogP contribution in [0.25, 0.3) is 5.70 Å². The monoisotopic (exact) mass is 341 g/mol. The summed E-state index contributed by atoms with van der Waals surface area (Å²) in [6.45, 7) is 0. The first-order valence-electron chi connectivity index (χ1n) is 8.20. The summed E-state index contributed by atoms with van der Waals surface area (Å²) in [6.07, 6.45) is 1.35. The first-order valence-corrected chi connectivity index (χ1v) is 8.20. The Balaban J connectivity index is 1.55. The molecule has 0 spiro atoms. The minimum Gasteiger partial charge on any atom is -0.457 e. The fraction of sp³-hybridized carbons (Fsp3) is 0. The number of allylic oxidation sites excluding steroid dienone is 1. The lowest BCUT2D eigenvalue weighted by Crippen LogP contribution is -2.20. The van der Waals surface area contributed by atoms with Gasteiger partial charge in [-0.1, -0.05) is 42.5 Å². The van der Waals surface area contributed by atoms with Crippen LogP contribution in [-0.4, -0.2) is 11.6 Å². The van der Waals surface area contributed by atoms with Crippen LogP contribution in [0.2, 0.25) is 0 Å². The molecule has 0 atom stereocenters. The van der Waals surface area contributed by atoms with E-state index >= 15 is 0 Å². The van der Waals surface area contributed by atoms with Crippen molar-refractivity contribution in [1.82, 2.24) is 0 Å². The molecule has 1 aliphatic rings. The van der Waals surface area contributed by atoms with E-state index in [0.29, 0.717) is 17.0 Å². The molecule has 4 rings (SSSR count). The number of anilines is 1. The van der Waals surface area contributed by atoms with Crippen LogP contribution in [0, 0.1) is 0 Å². The van der Waals surface area contributed by atoms with Crippen molar-refractivity contribution in [3.63, 3.8) is 0 Å². The normalized spacial score (nSPS) is 13.0. The van der Waals surface area contributed by atoms with E-state index in [1.807, 2.05) is 66.7 Å². The van der Waals surface area contributed by atoms with Crippen molar-refractivity contribution >= 4 is 23.0 Å². The number of ether oxygens (including phenoxy) is 1. The molecule has 4 nitrogen and oxygen atoms in total. The number of fused-ring (bicyclic) bond motifs is 1. The van der Waals surface area contributed by atoms with Gasteiger partial charge in [-0.15, -0.1) is 0 Å². The average Bonchev–Trinajstić information content (AvgIpc) is 2.68. The summed E-state index contributed by atoms with van der Waals surface area (Å²) in [7, 11) is 0. The first-order chi connectivity index (χ1) is 12.7. The topological polar surface area (TPSA) is 55.4 Å². The van der Waals surface area contributed by atoms with Crippen molar-refractivity contribution in [2.24, 2.45) is 0 Å². The molecule has 0 saturated carbocycles. The zero-order valence-electron chi connectivity index (χ0n) is 13.8. The van der Waals surface area contributed by atoms with Gasteiger partial charge in [0, 0.05) is 22.9 Å². The lowest BCUT2D eigenvalue weighted by Gasteiger charge is -2.18. The Bertz CT molecular complexity index is 1010. The molecule has 1 N–H and O–H groups in total. The van der Waals surface area contributed by atoms with Crippen LogP contribution in [-0.2, 0) is 4.79 Å². The Morgan fingerprint density at radius 3 is 2.00 bits per heavy atom. The highest BCUT2D eigenvalue weighted by atomic mass is 16.5. The minimum atomic E-state index is -0.518. The predicted molar refractivity (Wildman–Crippen MR) is 100 cm³/mol. The third-order valence-electron chi connectivity index (χ3n) is 4.07. The second-order valence-electron chi connectivity index (χ2n) is 5.86. The Hall–Kier alpha value is -3.66. The van der Waals surface area contributed by atoms with Gasteiger partial charge in [-0.3, -0.25) is 9.59 Å². The number of nitrogens with one attached hydrogen (secondary N) is 1. The van der Waals surface area contributed by atoms with Crippen LogP contribution in [0.1, 0.15) is 15.9 Å². The fourth-order valence-corrected chi connectivity index (χ4v) is 2.81. The summed E-state index contributed by atoms with van der Waals surface area (Å²) in [5.41, 5.74) is 2.56. The van der Waals surface area contributed by atoms with E-state index in [-0.39, 0.29) is 0 Å². The molecule has 0 heterocycles. The maximum absolute atomic E-state index is 12.0. The molecule has 0 unspecified atom stereocenters. The molecule has 26 heavy (non-hydrogen) atoms. The Labute approximate surface area is 150 Å². The Morgan fingerprint density at radius 1 is 0.654 bits per heavy atom. The van der Waals surface area contributed by atoms with Crippen LogP contribution >= 0.6 is 0 Å². The van der Waals surface area contributed by atoms with Crippen molar-refractivity contribution < 1.29 is 14.3 Å². The van der Waals surface area contributed by atoms with Gasteiger partial charge in [0.05, 0.1) is 5.70 Å². The smallest absolute Gasteiger partial charge is 0.233 e. The maximum atomic E-state index is 12.0. The summed E-state index contributed by atoms with van der Waals surface area (Å²) < 4.78 is 5.77. The lowest BCUT2D eigenvalue weighted by molar-refractivity contribution is -0.111. The van der Waals surface area contributed by atoms with Gasteiger partial charge in [-0.05, 0) is 36.4 Å². The van der Waals surface area contributed by atoms with Gasteiger partial charge in [0.25, 0.3) is 0 Å². The Morgan fingerprint density at radius 2 is 1.27 bits per heavy atom. The third-order valence-corrected chi connectivity index (χ3v) is 4.07. The molecule has 0 bridgehead atoms. The number of carbonyl (C=O) groups excluding carboxylic acids is 2. The molecule has 0 fully saturated rings. The summed E-state index contributed by atoms with van der Waals surface area (Å²) >= 11 is 0. The van der Waals surface area contributed by atoms with Crippen LogP contribution in [0.4, 0.5) is 5.69 Å². The zero-order valence-corrected chi connectivity index (χ0v) is 13.8. The molecule has 0 amide bonds. The molecular formula is C22H15NO3. The van der Waals surface area contributed by atoms with E-state index < -0.39 is 11.6 Å². The second kappa shape index (κ2) is 6.69. The quantitative estimate of drug-likeness (QED) is 0.699. The van der Waals surface area contributed by atoms with E-state index in [9.17, 15) is 9.59 Å². The molecule has 0 aliphatic heterocycles. The number of rotatable bonds is 4. The molecule has 0 saturated heterocycles. The third kappa shape index (κ3) is 3.13. The molecule has 4 heteroatoms. The molecule has 1 aliphatic carbocycles. The summed E-state index contributed by atoms with van der Waals surface area (Å²) in [5, 5.41) is 3.21. The van der Waals surface area contributed by atoms with Gasteiger partial charge in [-0.25, -0.2) is 0 Å². The van der Waals surface area contributed by atoms with Gasteiger partial charge in [0.1, 0.15) is 11.5 Å². The van der Waals surface area contributed by atoms with Gasteiger partial charge in [-0.2, -0.15) is 0 Å². The van der Waals surface area contributed by atoms with Gasteiger partial charge in [0.15, 0.2) is 0 Å². The van der Waals surface area contributed by atoms with Gasteiger partial charge >= 0.3 is 0 Å². The van der Waals surface area contributed by atoms with Crippen molar-refractivity contribution in [2.45, 2.75) is 0 Å². The minimum absolute atomic E-state index is 0.423. The number of hydrogen-bond acceptors (Lipinski definition) is 4. The van der Waals surface area contributed by atoms with Crippen LogP contribution in [0.3, 0.4) is 0 Å². The molecule has 3 aromatic rings. The van der Waals surface area contributed by atoms with E-state index in [2.05, 4.69) is 5.32 Å². The largest absolute Gasteiger partial charge is 0.457 e. The van der Waals surface area contributed by atoms with Crippen LogP contribution < -0.4 is 10.1 Å². The van der Waals surface area contributed by atoms with E-state index in [4.69, 9.17) is 4.74 Å². The first kappa shape index (κ1) is 15.8. The molecule has 3 aromatic carbocycles. The van der Waals surface area contributed by atoms with Crippen molar-refractivity contribution in [2.75, 3.05) is 5.32 Å². The van der Waals surface area contributed by atoms with Crippen molar-refractivity contribution in [3.8, 4) is 11.5 Å². The molecule has 0 aromatic heterocycles.